The average molecular weight is 247 g/mol. The molecular weight excluding hydrogens is 230 g/mol. The van der Waals surface area contributed by atoms with Crippen molar-refractivity contribution in [3.05, 3.63) is 36.0 Å². The van der Waals surface area contributed by atoms with E-state index in [9.17, 15) is 5.11 Å². The van der Waals surface area contributed by atoms with Crippen LogP contribution in [0.4, 0.5) is 5.82 Å². The summed E-state index contributed by atoms with van der Waals surface area (Å²) in [5.74, 6) is 1.73. The monoisotopic (exact) mass is 247 g/mol. The van der Waals surface area contributed by atoms with Crippen molar-refractivity contribution in [1.29, 1.82) is 0 Å². The van der Waals surface area contributed by atoms with Gasteiger partial charge in [-0.1, -0.05) is 0 Å². The first-order valence-corrected chi connectivity index (χ1v) is 5.73. The number of nitrogens with one attached hydrogen (secondary N) is 1. The molecule has 1 heterocycles. The molecule has 18 heavy (non-hydrogen) atoms. The number of aromatic nitrogens is 2. The minimum absolute atomic E-state index is 0.0602. The molecule has 5 nitrogen and oxygen atoms in total. The van der Waals surface area contributed by atoms with Crippen molar-refractivity contribution in [2.75, 3.05) is 12.4 Å². The van der Waals surface area contributed by atoms with Crippen LogP contribution >= 0.6 is 0 Å². The van der Waals surface area contributed by atoms with E-state index in [1.165, 1.54) is 0 Å². The van der Waals surface area contributed by atoms with Crippen molar-refractivity contribution >= 4 is 5.82 Å². The molecule has 1 aromatic heterocycles. The lowest BCUT2D eigenvalue weighted by Gasteiger charge is -2.16. The number of nitrogens with zero attached hydrogens (tertiary/aromatic N) is 2. The van der Waals surface area contributed by atoms with E-state index >= 15 is 0 Å². The van der Waals surface area contributed by atoms with Gasteiger partial charge in [0, 0.05) is 24.9 Å². The van der Waals surface area contributed by atoms with Crippen molar-refractivity contribution in [2.24, 2.45) is 7.05 Å². The van der Waals surface area contributed by atoms with E-state index in [0.29, 0.717) is 0 Å². The van der Waals surface area contributed by atoms with Crippen molar-refractivity contribution in [2.45, 2.75) is 13.0 Å². The Morgan fingerprint density at radius 1 is 1.39 bits per heavy atom. The van der Waals surface area contributed by atoms with Crippen LogP contribution in [-0.2, 0) is 7.05 Å². The smallest absolute Gasteiger partial charge is 0.148 e. The van der Waals surface area contributed by atoms with Crippen molar-refractivity contribution in [1.82, 2.24) is 9.78 Å². The van der Waals surface area contributed by atoms with Crippen LogP contribution in [0.15, 0.2) is 30.5 Å². The van der Waals surface area contributed by atoms with Gasteiger partial charge < -0.3 is 15.2 Å². The zero-order chi connectivity index (χ0) is 13.1. The predicted octanol–water partition coefficient (Wildman–Crippen LogP) is 2.31. The fourth-order valence-corrected chi connectivity index (χ4v) is 1.80. The number of phenols is 1. The number of aromatic hydroxyl groups is 1. The number of benzene rings is 1. The van der Waals surface area contributed by atoms with E-state index < -0.39 is 0 Å². The summed E-state index contributed by atoms with van der Waals surface area (Å²) in [7, 11) is 3.46. The number of phenolic OH excluding ortho intramolecular Hbond substituents is 1. The molecule has 2 rings (SSSR count). The van der Waals surface area contributed by atoms with E-state index in [2.05, 4.69) is 10.4 Å². The molecule has 0 radical (unpaired) electrons. The lowest BCUT2D eigenvalue weighted by Crippen LogP contribution is -2.08. The van der Waals surface area contributed by atoms with Crippen LogP contribution in [0.2, 0.25) is 0 Å². The minimum atomic E-state index is -0.0602. The highest BCUT2D eigenvalue weighted by Crippen LogP contribution is 2.29. The largest absolute Gasteiger partial charge is 0.508 e. The molecule has 0 saturated heterocycles. The predicted molar refractivity (Wildman–Crippen MR) is 69.9 cm³/mol. The summed E-state index contributed by atoms with van der Waals surface area (Å²) in [5, 5.41) is 17.3. The van der Waals surface area contributed by atoms with Crippen LogP contribution in [0, 0.1) is 0 Å². The molecule has 1 unspecified atom stereocenters. The fraction of sp³-hybridized carbons (Fsp3) is 0.308. The second-order valence-corrected chi connectivity index (χ2v) is 4.17. The van der Waals surface area contributed by atoms with Gasteiger partial charge in [-0.15, -0.1) is 0 Å². The van der Waals surface area contributed by atoms with Gasteiger partial charge in [0.25, 0.3) is 0 Å². The number of hydrogen-bond acceptors (Lipinski definition) is 4. The Labute approximate surface area is 106 Å². The van der Waals surface area contributed by atoms with Crippen molar-refractivity contribution in [3.63, 3.8) is 0 Å². The van der Waals surface area contributed by atoms with Crippen LogP contribution in [0.5, 0.6) is 11.5 Å². The van der Waals surface area contributed by atoms with E-state index in [-0.39, 0.29) is 11.8 Å². The molecule has 0 spiro atoms. The van der Waals surface area contributed by atoms with Crippen LogP contribution in [0.1, 0.15) is 18.5 Å². The second kappa shape index (κ2) is 5.00. The van der Waals surface area contributed by atoms with Gasteiger partial charge in [-0.05, 0) is 25.1 Å². The van der Waals surface area contributed by atoms with Crippen molar-refractivity contribution < 1.29 is 9.84 Å². The lowest BCUT2D eigenvalue weighted by atomic mass is 10.1. The molecule has 5 heteroatoms. The first-order valence-electron chi connectivity index (χ1n) is 5.73. The summed E-state index contributed by atoms with van der Waals surface area (Å²) >= 11 is 0. The maximum atomic E-state index is 9.86. The third kappa shape index (κ3) is 2.56. The summed E-state index contributed by atoms with van der Waals surface area (Å²) in [6.07, 6.45) is 1.86. The zero-order valence-corrected chi connectivity index (χ0v) is 10.7. The number of aryl methyl sites for hydroxylation is 1. The maximum Gasteiger partial charge on any atom is 0.148 e. The summed E-state index contributed by atoms with van der Waals surface area (Å²) in [6.45, 7) is 1.96. The molecule has 2 N–H and O–H groups in total. The van der Waals surface area contributed by atoms with E-state index in [0.717, 1.165) is 17.1 Å². The highest BCUT2D eigenvalue weighted by Gasteiger charge is 2.12. The summed E-state index contributed by atoms with van der Waals surface area (Å²) in [4.78, 5) is 0. The van der Waals surface area contributed by atoms with Gasteiger partial charge in [0.05, 0.1) is 13.2 Å². The standard InChI is InChI=1S/C13H17N3O2/c1-9(14-13-6-7-16(2)15-13)11-8-10(18-3)4-5-12(11)17/h4-9,17H,1-3H3,(H,14,15). The molecule has 0 aliphatic rings. The van der Waals surface area contributed by atoms with Gasteiger partial charge in [0.2, 0.25) is 0 Å². The highest BCUT2D eigenvalue weighted by molar-refractivity contribution is 5.45. The summed E-state index contributed by atoms with van der Waals surface area (Å²) in [6, 6.07) is 7.00. The maximum absolute atomic E-state index is 9.86. The minimum Gasteiger partial charge on any atom is -0.508 e. The number of rotatable bonds is 4. The molecular formula is C13H17N3O2. The van der Waals surface area contributed by atoms with Gasteiger partial charge in [0.1, 0.15) is 17.3 Å². The van der Waals surface area contributed by atoms with Gasteiger partial charge >= 0.3 is 0 Å². The molecule has 0 aliphatic heterocycles. The van der Waals surface area contributed by atoms with E-state index in [4.69, 9.17) is 4.74 Å². The number of hydrogen-bond donors (Lipinski definition) is 2. The number of ether oxygens (including phenoxy) is 1. The Kier molecular flexibility index (Phi) is 3.41. The third-order valence-electron chi connectivity index (χ3n) is 2.78. The number of anilines is 1. The molecule has 0 amide bonds. The summed E-state index contributed by atoms with van der Waals surface area (Å²) < 4.78 is 6.88. The van der Waals surface area contributed by atoms with Gasteiger partial charge in [0.15, 0.2) is 0 Å². The average Bonchev–Trinajstić information content (AvgIpc) is 2.75. The molecule has 2 aromatic rings. The zero-order valence-electron chi connectivity index (χ0n) is 10.7. The number of methoxy groups -OCH3 is 1. The molecule has 0 bridgehead atoms. The highest BCUT2D eigenvalue weighted by atomic mass is 16.5. The Balaban J connectivity index is 2.20. The van der Waals surface area contributed by atoms with Crippen LogP contribution in [0.25, 0.3) is 0 Å². The topological polar surface area (TPSA) is 59.3 Å². The quantitative estimate of drug-likeness (QED) is 0.870. The second-order valence-electron chi connectivity index (χ2n) is 4.17. The van der Waals surface area contributed by atoms with Crippen LogP contribution in [0.3, 0.4) is 0 Å². The SMILES string of the molecule is COc1ccc(O)c(C(C)Nc2ccn(C)n2)c1. The molecule has 0 aliphatic carbocycles. The van der Waals surface area contributed by atoms with Gasteiger partial charge in [-0.2, -0.15) is 5.10 Å². The van der Waals surface area contributed by atoms with Crippen LogP contribution < -0.4 is 10.1 Å². The summed E-state index contributed by atoms with van der Waals surface area (Å²) in [5.41, 5.74) is 0.778. The van der Waals surface area contributed by atoms with Gasteiger partial charge in [-0.3, -0.25) is 4.68 Å². The third-order valence-corrected chi connectivity index (χ3v) is 2.78. The fourth-order valence-electron chi connectivity index (χ4n) is 1.80. The Bertz CT molecular complexity index is 537. The van der Waals surface area contributed by atoms with Gasteiger partial charge in [-0.25, -0.2) is 0 Å². The molecule has 1 atom stereocenters. The molecule has 1 aromatic carbocycles. The Hall–Kier alpha value is -2.17. The lowest BCUT2D eigenvalue weighted by molar-refractivity contribution is 0.410. The van der Waals surface area contributed by atoms with Crippen molar-refractivity contribution in [3.8, 4) is 11.5 Å². The Morgan fingerprint density at radius 3 is 2.78 bits per heavy atom. The first-order chi connectivity index (χ1) is 8.60. The van der Waals surface area contributed by atoms with E-state index in [1.807, 2.05) is 32.3 Å². The molecule has 0 fully saturated rings. The molecule has 96 valence electrons. The Morgan fingerprint density at radius 2 is 2.17 bits per heavy atom. The first kappa shape index (κ1) is 12.3. The molecule has 0 saturated carbocycles. The van der Waals surface area contributed by atoms with E-state index in [1.54, 1.807) is 23.9 Å². The normalized spacial score (nSPS) is 12.2. The van der Waals surface area contributed by atoms with Crippen LogP contribution in [-0.4, -0.2) is 22.0 Å².